The van der Waals surface area contributed by atoms with Crippen LogP contribution in [-0.4, -0.2) is 74.5 Å². The maximum absolute atomic E-state index is 11.3. The Hall–Kier alpha value is -1.35. The molecule has 0 aromatic heterocycles. The number of hydrogen-bond acceptors (Lipinski definition) is 3. The molecule has 146 valence electrons. The third kappa shape index (κ3) is 7.49. The van der Waals surface area contributed by atoms with E-state index in [1.807, 2.05) is 11.0 Å². The van der Waals surface area contributed by atoms with Gasteiger partial charge in [0.05, 0.1) is 0 Å². The van der Waals surface area contributed by atoms with E-state index in [1.165, 1.54) is 5.56 Å². The number of guanidine groups is 1. The van der Waals surface area contributed by atoms with E-state index in [2.05, 4.69) is 51.7 Å². The molecule has 7 heteroatoms. The number of nitrogens with one attached hydrogen (secondary N) is 2. The van der Waals surface area contributed by atoms with Gasteiger partial charge in [0.25, 0.3) is 0 Å². The molecule has 6 nitrogen and oxygen atoms in total. The molecule has 26 heavy (non-hydrogen) atoms. The van der Waals surface area contributed by atoms with Gasteiger partial charge in [0.15, 0.2) is 5.96 Å². The number of aliphatic imine (C=N–C) groups is 1. The molecule has 1 fully saturated rings. The van der Waals surface area contributed by atoms with Gasteiger partial charge in [-0.25, -0.2) is 0 Å². The van der Waals surface area contributed by atoms with Crippen LogP contribution in [0.5, 0.6) is 0 Å². The fourth-order valence-electron chi connectivity index (χ4n) is 2.99. The number of rotatable bonds is 6. The van der Waals surface area contributed by atoms with Crippen molar-refractivity contribution in [1.82, 2.24) is 20.4 Å². The van der Waals surface area contributed by atoms with Gasteiger partial charge in [0.2, 0.25) is 5.91 Å². The highest BCUT2D eigenvalue weighted by molar-refractivity contribution is 14.0. The quantitative estimate of drug-likeness (QED) is 0.376. The lowest BCUT2D eigenvalue weighted by Gasteiger charge is -2.34. The van der Waals surface area contributed by atoms with E-state index in [0.29, 0.717) is 5.92 Å². The summed E-state index contributed by atoms with van der Waals surface area (Å²) >= 11 is 0. The number of nitrogens with zero attached hydrogens (tertiary/aromatic N) is 3. The maximum atomic E-state index is 11.3. The van der Waals surface area contributed by atoms with Crippen molar-refractivity contribution in [2.45, 2.75) is 19.8 Å². The minimum Gasteiger partial charge on any atom is -0.356 e. The lowest BCUT2D eigenvalue weighted by Crippen LogP contribution is -2.50. The topological polar surface area (TPSA) is 60.0 Å². The summed E-state index contributed by atoms with van der Waals surface area (Å²) in [6.07, 6.45) is 0. The monoisotopic (exact) mass is 473 g/mol. The summed E-state index contributed by atoms with van der Waals surface area (Å²) in [5, 5.41) is 6.77. The summed E-state index contributed by atoms with van der Waals surface area (Å²) in [6, 6.07) is 10.5. The summed E-state index contributed by atoms with van der Waals surface area (Å²) in [5.74, 6) is 1.44. The van der Waals surface area contributed by atoms with Gasteiger partial charge in [-0.3, -0.25) is 14.7 Å². The zero-order valence-electron chi connectivity index (χ0n) is 16.1. The molecule has 1 atom stereocenters. The maximum Gasteiger partial charge on any atom is 0.219 e. The van der Waals surface area contributed by atoms with Gasteiger partial charge < -0.3 is 15.5 Å². The fraction of sp³-hybridized carbons (Fsp3) is 0.579. The zero-order chi connectivity index (χ0) is 18.1. The van der Waals surface area contributed by atoms with Crippen molar-refractivity contribution in [3.63, 3.8) is 0 Å². The van der Waals surface area contributed by atoms with Gasteiger partial charge in [-0.2, -0.15) is 0 Å². The molecule has 1 aromatic carbocycles. The lowest BCUT2D eigenvalue weighted by molar-refractivity contribution is -0.130. The molecule has 1 aliphatic rings. The fourth-order valence-corrected chi connectivity index (χ4v) is 2.99. The molecule has 0 spiro atoms. The van der Waals surface area contributed by atoms with Crippen LogP contribution in [0.4, 0.5) is 0 Å². The van der Waals surface area contributed by atoms with Crippen LogP contribution in [0.15, 0.2) is 35.3 Å². The molecule has 2 N–H and O–H groups in total. The van der Waals surface area contributed by atoms with Gasteiger partial charge in [0.1, 0.15) is 0 Å². The molecule has 0 aliphatic carbocycles. The Labute approximate surface area is 174 Å². The number of halogens is 1. The highest BCUT2D eigenvalue weighted by Gasteiger charge is 2.17. The van der Waals surface area contributed by atoms with E-state index in [-0.39, 0.29) is 29.9 Å². The molecule has 1 heterocycles. The Morgan fingerprint density at radius 1 is 1.15 bits per heavy atom. The number of hydrogen-bond donors (Lipinski definition) is 2. The molecule has 1 unspecified atom stereocenters. The first-order chi connectivity index (χ1) is 12.1. The molecular weight excluding hydrogens is 441 g/mol. The zero-order valence-corrected chi connectivity index (χ0v) is 18.4. The lowest BCUT2D eigenvalue weighted by atomic mass is 10.0. The van der Waals surface area contributed by atoms with E-state index in [4.69, 9.17) is 0 Å². The Balaban J connectivity index is 0.00000338. The predicted octanol–water partition coefficient (Wildman–Crippen LogP) is 1.74. The van der Waals surface area contributed by atoms with Crippen LogP contribution in [0.3, 0.4) is 0 Å². The summed E-state index contributed by atoms with van der Waals surface area (Å²) < 4.78 is 0. The van der Waals surface area contributed by atoms with Crippen LogP contribution in [0.25, 0.3) is 0 Å². The summed E-state index contributed by atoms with van der Waals surface area (Å²) in [5.41, 5.74) is 1.33. The van der Waals surface area contributed by atoms with Crippen LogP contribution in [-0.2, 0) is 4.79 Å². The molecule has 0 saturated carbocycles. The number of carbonyl (C=O) groups is 1. The Bertz CT molecular complexity index is 558. The molecule has 1 amide bonds. The van der Waals surface area contributed by atoms with E-state index < -0.39 is 0 Å². The highest BCUT2D eigenvalue weighted by Crippen LogP contribution is 2.12. The second kappa shape index (κ2) is 12.1. The molecule has 1 saturated heterocycles. The van der Waals surface area contributed by atoms with Gasteiger partial charge in [-0.05, 0) is 11.5 Å². The number of piperazine rings is 1. The van der Waals surface area contributed by atoms with Crippen LogP contribution >= 0.6 is 24.0 Å². The van der Waals surface area contributed by atoms with Crippen molar-refractivity contribution >= 4 is 35.8 Å². The Kier molecular flexibility index (Phi) is 10.6. The van der Waals surface area contributed by atoms with E-state index in [9.17, 15) is 4.79 Å². The van der Waals surface area contributed by atoms with Crippen molar-refractivity contribution in [2.75, 3.05) is 52.9 Å². The predicted molar refractivity (Wildman–Crippen MR) is 118 cm³/mol. The van der Waals surface area contributed by atoms with Crippen LogP contribution in [0.2, 0.25) is 0 Å². The number of benzene rings is 1. The van der Waals surface area contributed by atoms with Crippen LogP contribution < -0.4 is 10.6 Å². The minimum absolute atomic E-state index is 0. The van der Waals surface area contributed by atoms with E-state index >= 15 is 0 Å². The van der Waals surface area contributed by atoms with E-state index in [0.717, 1.165) is 51.8 Å². The third-order valence-corrected chi connectivity index (χ3v) is 4.71. The van der Waals surface area contributed by atoms with Gasteiger partial charge >= 0.3 is 0 Å². The Morgan fingerprint density at radius 3 is 2.38 bits per heavy atom. The summed E-state index contributed by atoms with van der Waals surface area (Å²) in [4.78, 5) is 19.9. The largest absolute Gasteiger partial charge is 0.356 e. The smallest absolute Gasteiger partial charge is 0.219 e. The standard InChI is InChI=1S/C19H31N5O.HI/c1-16(18-7-5-4-6-8-18)15-22-19(20-3)21-9-10-23-11-13-24(14-12-23)17(2)25;/h4-8,16H,9-15H2,1-3H3,(H2,20,21,22);1H. The van der Waals surface area contributed by atoms with Crippen LogP contribution in [0, 0.1) is 0 Å². The third-order valence-electron chi connectivity index (χ3n) is 4.71. The summed E-state index contributed by atoms with van der Waals surface area (Å²) in [6.45, 7) is 10.1. The normalized spacial score (nSPS) is 16.6. The first-order valence-corrected chi connectivity index (χ1v) is 9.07. The number of amides is 1. The molecule has 0 radical (unpaired) electrons. The molecule has 0 bridgehead atoms. The van der Waals surface area contributed by atoms with Crippen molar-refractivity contribution in [1.29, 1.82) is 0 Å². The van der Waals surface area contributed by atoms with Crippen molar-refractivity contribution < 1.29 is 4.79 Å². The summed E-state index contributed by atoms with van der Waals surface area (Å²) in [7, 11) is 1.80. The first kappa shape index (κ1) is 22.7. The van der Waals surface area contributed by atoms with E-state index in [1.54, 1.807) is 14.0 Å². The van der Waals surface area contributed by atoms with Crippen LogP contribution in [0.1, 0.15) is 25.3 Å². The highest BCUT2D eigenvalue weighted by atomic mass is 127. The minimum atomic E-state index is 0. The van der Waals surface area contributed by atoms with Crippen molar-refractivity contribution in [2.24, 2.45) is 4.99 Å². The molecule has 2 rings (SSSR count). The average molecular weight is 473 g/mol. The van der Waals surface area contributed by atoms with Crippen molar-refractivity contribution in [3.8, 4) is 0 Å². The van der Waals surface area contributed by atoms with Gasteiger partial charge in [-0.1, -0.05) is 37.3 Å². The Morgan fingerprint density at radius 2 is 1.81 bits per heavy atom. The average Bonchev–Trinajstić information content (AvgIpc) is 2.65. The SMILES string of the molecule is CN=C(NCCN1CCN(C(C)=O)CC1)NCC(C)c1ccccc1.I. The molecular formula is C19H32IN5O. The second-order valence-corrected chi connectivity index (χ2v) is 6.54. The van der Waals surface area contributed by atoms with Gasteiger partial charge in [-0.15, -0.1) is 24.0 Å². The molecule has 1 aliphatic heterocycles. The number of carbonyl (C=O) groups excluding carboxylic acids is 1. The van der Waals surface area contributed by atoms with Crippen molar-refractivity contribution in [3.05, 3.63) is 35.9 Å². The second-order valence-electron chi connectivity index (χ2n) is 6.54. The van der Waals surface area contributed by atoms with Gasteiger partial charge in [0, 0.05) is 59.8 Å². The first-order valence-electron chi connectivity index (χ1n) is 9.07. The molecule has 1 aromatic rings.